The zero-order chi connectivity index (χ0) is 15.6. The van der Waals surface area contributed by atoms with Crippen LogP contribution in [0.25, 0.3) is 0 Å². The molecule has 4 heteroatoms. The highest BCUT2D eigenvalue weighted by molar-refractivity contribution is 5.34. The predicted molar refractivity (Wildman–Crippen MR) is 83.5 cm³/mol. The first-order valence-corrected chi connectivity index (χ1v) is 7.70. The van der Waals surface area contributed by atoms with Crippen molar-refractivity contribution >= 4 is 0 Å². The van der Waals surface area contributed by atoms with Gasteiger partial charge in [0, 0.05) is 6.42 Å². The molecule has 0 bridgehead atoms. The minimum absolute atomic E-state index is 0.145. The summed E-state index contributed by atoms with van der Waals surface area (Å²) in [6.45, 7) is 0. The van der Waals surface area contributed by atoms with Gasteiger partial charge in [0.05, 0.1) is 17.5 Å². The van der Waals surface area contributed by atoms with Crippen molar-refractivity contribution in [3.05, 3.63) is 59.4 Å². The number of rotatable bonds is 3. The average Bonchev–Trinajstić information content (AvgIpc) is 2.53. The largest absolute Gasteiger partial charge is 0.506 e. The van der Waals surface area contributed by atoms with Crippen molar-refractivity contribution in [2.24, 2.45) is 0 Å². The van der Waals surface area contributed by atoms with Crippen LogP contribution in [0, 0.1) is 0 Å². The van der Waals surface area contributed by atoms with Crippen LogP contribution in [0.5, 0.6) is 5.75 Å². The quantitative estimate of drug-likeness (QED) is 0.814. The molecule has 116 valence electrons. The zero-order valence-corrected chi connectivity index (χ0v) is 12.4. The number of aromatic hydroxyl groups is 1. The number of aliphatic hydroxyl groups is 2. The van der Waals surface area contributed by atoms with E-state index in [0.717, 1.165) is 5.56 Å². The van der Waals surface area contributed by atoms with Gasteiger partial charge < -0.3 is 15.3 Å². The molecule has 22 heavy (non-hydrogen) atoms. The Morgan fingerprint density at radius 2 is 1.73 bits per heavy atom. The van der Waals surface area contributed by atoms with Crippen molar-refractivity contribution in [2.45, 2.75) is 43.8 Å². The van der Waals surface area contributed by atoms with E-state index >= 15 is 0 Å². The maximum absolute atomic E-state index is 10.8. The minimum atomic E-state index is -1.00. The molecule has 1 saturated carbocycles. The molecule has 0 aliphatic heterocycles. The smallest absolute Gasteiger partial charge is 0.137 e. The lowest BCUT2D eigenvalue weighted by Gasteiger charge is -2.34. The van der Waals surface area contributed by atoms with Gasteiger partial charge in [-0.1, -0.05) is 30.3 Å². The highest BCUT2D eigenvalue weighted by Crippen LogP contribution is 2.37. The van der Waals surface area contributed by atoms with Crippen LogP contribution in [-0.4, -0.2) is 26.4 Å². The van der Waals surface area contributed by atoms with E-state index in [2.05, 4.69) is 4.98 Å². The Morgan fingerprint density at radius 3 is 2.41 bits per heavy atom. The summed E-state index contributed by atoms with van der Waals surface area (Å²) in [5.41, 5.74) is 1.22. The predicted octanol–water partition coefficient (Wildman–Crippen LogP) is 2.50. The Hall–Kier alpha value is -1.91. The molecule has 0 amide bonds. The normalized spacial score (nSPS) is 25.1. The van der Waals surface area contributed by atoms with Crippen LogP contribution in [0.4, 0.5) is 0 Å². The van der Waals surface area contributed by atoms with Crippen molar-refractivity contribution < 1.29 is 15.3 Å². The van der Waals surface area contributed by atoms with E-state index in [1.54, 1.807) is 12.1 Å². The van der Waals surface area contributed by atoms with E-state index in [-0.39, 0.29) is 11.9 Å². The summed E-state index contributed by atoms with van der Waals surface area (Å²) in [4.78, 5) is 4.51. The lowest BCUT2D eigenvalue weighted by atomic mass is 9.81. The van der Waals surface area contributed by atoms with E-state index in [1.807, 2.05) is 30.3 Å². The number of hydrogen-bond donors (Lipinski definition) is 3. The Balaban J connectivity index is 1.86. The van der Waals surface area contributed by atoms with E-state index < -0.39 is 5.60 Å². The number of aliphatic hydroxyl groups excluding tert-OH is 1. The summed E-state index contributed by atoms with van der Waals surface area (Å²) >= 11 is 0. The summed E-state index contributed by atoms with van der Waals surface area (Å²) in [7, 11) is 0. The molecule has 2 aromatic rings. The molecule has 4 nitrogen and oxygen atoms in total. The molecule has 1 aliphatic carbocycles. The van der Waals surface area contributed by atoms with Gasteiger partial charge in [-0.3, -0.25) is 4.98 Å². The Labute approximate surface area is 130 Å². The fourth-order valence-corrected chi connectivity index (χ4v) is 3.01. The fourth-order valence-electron chi connectivity index (χ4n) is 3.01. The van der Waals surface area contributed by atoms with Gasteiger partial charge in [0.25, 0.3) is 0 Å². The molecule has 1 aliphatic rings. The number of pyridine rings is 1. The molecule has 0 atom stereocenters. The van der Waals surface area contributed by atoms with Crippen LogP contribution >= 0.6 is 0 Å². The molecule has 0 spiro atoms. The molecule has 1 heterocycles. The first-order chi connectivity index (χ1) is 10.6. The second kappa shape index (κ2) is 6.07. The average molecular weight is 299 g/mol. The number of hydrogen-bond acceptors (Lipinski definition) is 4. The van der Waals surface area contributed by atoms with E-state index in [1.165, 1.54) is 0 Å². The molecular weight excluding hydrogens is 278 g/mol. The maximum atomic E-state index is 10.8. The van der Waals surface area contributed by atoms with Crippen molar-refractivity contribution in [2.75, 3.05) is 0 Å². The molecule has 1 aromatic heterocycles. The third-order valence-electron chi connectivity index (χ3n) is 4.42. The Morgan fingerprint density at radius 1 is 1.05 bits per heavy atom. The molecule has 0 unspecified atom stereocenters. The minimum Gasteiger partial charge on any atom is -0.506 e. The van der Waals surface area contributed by atoms with E-state index in [4.69, 9.17) is 0 Å². The number of benzene rings is 1. The molecule has 3 rings (SSSR count). The molecule has 0 saturated heterocycles. The summed E-state index contributed by atoms with van der Waals surface area (Å²) in [5, 5.41) is 30.4. The summed E-state index contributed by atoms with van der Waals surface area (Å²) in [5.74, 6) is 0.145. The fraction of sp³-hybridized carbons (Fsp3) is 0.389. The van der Waals surface area contributed by atoms with Gasteiger partial charge >= 0.3 is 0 Å². The summed E-state index contributed by atoms with van der Waals surface area (Å²) in [6, 6.07) is 13.1. The Kier molecular flexibility index (Phi) is 4.14. The lowest BCUT2D eigenvalue weighted by Crippen LogP contribution is -2.34. The zero-order valence-electron chi connectivity index (χ0n) is 12.4. The Bertz CT molecular complexity index is 634. The van der Waals surface area contributed by atoms with E-state index in [0.29, 0.717) is 43.5 Å². The second-order valence-electron chi connectivity index (χ2n) is 6.09. The van der Waals surface area contributed by atoms with Crippen LogP contribution in [0.15, 0.2) is 42.5 Å². The topological polar surface area (TPSA) is 73.6 Å². The van der Waals surface area contributed by atoms with E-state index in [9.17, 15) is 15.3 Å². The number of aromatic nitrogens is 1. The maximum Gasteiger partial charge on any atom is 0.137 e. The standard InChI is InChI=1S/C18H21NO3/c20-14-8-10-18(22,11-9-14)17-7-6-16(21)15(19-17)12-13-4-2-1-3-5-13/h1-7,14,20-22H,8-12H2. The molecular formula is C18H21NO3. The van der Waals surface area contributed by atoms with Gasteiger partial charge in [-0.25, -0.2) is 0 Å². The highest BCUT2D eigenvalue weighted by atomic mass is 16.3. The van der Waals surface area contributed by atoms with Gasteiger partial charge in [0.2, 0.25) is 0 Å². The van der Waals surface area contributed by atoms with Crippen molar-refractivity contribution in [1.29, 1.82) is 0 Å². The highest BCUT2D eigenvalue weighted by Gasteiger charge is 2.35. The first kappa shape index (κ1) is 15.0. The molecule has 1 aromatic carbocycles. The summed E-state index contributed by atoms with van der Waals surface area (Å²) in [6.07, 6.45) is 2.34. The number of nitrogens with zero attached hydrogens (tertiary/aromatic N) is 1. The van der Waals surface area contributed by atoms with Crippen LogP contribution < -0.4 is 0 Å². The van der Waals surface area contributed by atoms with Gasteiger partial charge in [-0.05, 0) is 43.4 Å². The van der Waals surface area contributed by atoms with Crippen molar-refractivity contribution in [1.82, 2.24) is 4.98 Å². The van der Waals surface area contributed by atoms with Crippen LogP contribution in [0.2, 0.25) is 0 Å². The molecule has 0 radical (unpaired) electrons. The van der Waals surface area contributed by atoms with Crippen LogP contribution in [0.3, 0.4) is 0 Å². The molecule has 3 N–H and O–H groups in total. The first-order valence-electron chi connectivity index (χ1n) is 7.70. The molecule has 1 fully saturated rings. The van der Waals surface area contributed by atoms with Crippen molar-refractivity contribution in [3.63, 3.8) is 0 Å². The summed E-state index contributed by atoms with van der Waals surface area (Å²) < 4.78 is 0. The third-order valence-corrected chi connectivity index (χ3v) is 4.42. The van der Waals surface area contributed by atoms with Gasteiger partial charge in [-0.2, -0.15) is 0 Å². The second-order valence-corrected chi connectivity index (χ2v) is 6.09. The van der Waals surface area contributed by atoms with Gasteiger partial charge in [0.1, 0.15) is 11.4 Å². The van der Waals surface area contributed by atoms with Gasteiger partial charge in [-0.15, -0.1) is 0 Å². The lowest BCUT2D eigenvalue weighted by molar-refractivity contribution is -0.0393. The van der Waals surface area contributed by atoms with Crippen LogP contribution in [-0.2, 0) is 12.0 Å². The van der Waals surface area contributed by atoms with Crippen molar-refractivity contribution in [3.8, 4) is 5.75 Å². The monoisotopic (exact) mass is 299 g/mol. The van der Waals surface area contributed by atoms with Crippen LogP contribution in [0.1, 0.15) is 42.6 Å². The van der Waals surface area contributed by atoms with Gasteiger partial charge in [0.15, 0.2) is 0 Å². The SMILES string of the molecule is Oc1ccc(C2(O)CCC(O)CC2)nc1Cc1ccccc1. The third kappa shape index (κ3) is 3.13.